The van der Waals surface area contributed by atoms with Gasteiger partial charge in [0, 0.05) is 11.7 Å². The Morgan fingerprint density at radius 3 is 2.52 bits per heavy atom. The Balaban J connectivity index is 2.14. The molecule has 1 atom stereocenters. The summed E-state index contributed by atoms with van der Waals surface area (Å²) in [5, 5.41) is 3.43. The van der Waals surface area contributed by atoms with Crippen LogP contribution < -0.4 is 5.32 Å². The zero-order valence-electron chi connectivity index (χ0n) is 12.8. The zero-order valence-corrected chi connectivity index (χ0v) is 12.8. The van der Waals surface area contributed by atoms with Gasteiger partial charge in [0.05, 0.1) is 0 Å². The molecule has 21 heavy (non-hydrogen) atoms. The van der Waals surface area contributed by atoms with Crippen LogP contribution in [0.2, 0.25) is 0 Å². The molecule has 108 valence electrons. The standard InChI is InChI=1S/C20H23N/c1-4-5-10-16(2)21-17(3)19-13-9-14-20(15-19)18-11-7-6-8-12-18/h5-15,17,21H,2,4H2,1,3H3/b10-5-. The first-order valence-corrected chi connectivity index (χ1v) is 7.48. The van der Waals surface area contributed by atoms with Gasteiger partial charge in [-0.15, -0.1) is 0 Å². The van der Waals surface area contributed by atoms with E-state index in [1.54, 1.807) is 0 Å². The molecule has 1 heteroatoms. The first kappa shape index (κ1) is 15.1. The smallest absolute Gasteiger partial charge is 0.0485 e. The van der Waals surface area contributed by atoms with Gasteiger partial charge in [0.2, 0.25) is 0 Å². The number of hydrogen-bond donors (Lipinski definition) is 1. The summed E-state index contributed by atoms with van der Waals surface area (Å²) in [6, 6.07) is 19.4. The fraction of sp³-hybridized carbons (Fsp3) is 0.200. The molecule has 0 amide bonds. The first-order valence-electron chi connectivity index (χ1n) is 7.48. The van der Waals surface area contributed by atoms with E-state index in [1.165, 1.54) is 16.7 Å². The molecule has 1 nitrogen and oxygen atoms in total. The fourth-order valence-corrected chi connectivity index (χ4v) is 2.29. The van der Waals surface area contributed by atoms with Crippen molar-refractivity contribution in [3.8, 4) is 11.1 Å². The second-order valence-electron chi connectivity index (χ2n) is 5.19. The maximum atomic E-state index is 4.04. The molecule has 0 fully saturated rings. The van der Waals surface area contributed by atoms with Gasteiger partial charge in [-0.3, -0.25) is 0 Å². The van der Waals surface area contributed by atoms with E-state index in [2.05, 4.69) is 80.4 Å². The van der Waals surface area contributed by atoms with Crippen LogP contribution in [0.25, 0.3) is 11.1 Å². The van der Waals surface area contributed by atoms with Gasteiger partial charge in [-0.25, -0.2) is 0 Å². The topological polar surface area (TPSA) is 12.0 Å². The Morgan fingerprint density at radius 1 is 1.10 bits per heavy atom. The van der Waals surface area contributed by atoms with Crippen LogP contribution in [0.15, 0.2) is 79.0 Å². The van der Waals surface area contributed by atoms with E-state index in [-0.39, 0.29) is 6.04 Å². The van der Waals surface area contributed by atoms with Crippen molar-refractivity contribution in [3.63, 3.8) is 0 Å². The predicted molar refractivity (Wildman–Crippen MR) is 92.0 cm³/mol. The minimum atomic E-state index is 0.239. The first-order chi connectivity index (χ1) is 10.2. The largest absolute Gasteiger partial charge is 0.379 e. The molecule has 2 aromatic carbocycles. The molecule has 0 aromatic heterocycles. The number of allylic oxidation sites excluding steroid dienone is 2. The molecule has 0 aliphatic heterocycles. The Labute approximate surface area is 128 Å². The lowest BCUT2D eigenvalue weighted by atomic mass is 10.00. The Morgan fingerprint density at radius 2 is 1.81 bits per heavy atom. The van der Waals surface area contributed by atoms with Crippen molar-refractivity contribution < 1.29 is 0 Å². The van der Waals surface area contributed by atoms with E-state index >= 15 is 0 Å². The number of hydrogen-bond acceptors (Lipinski definition) is 1. The molecule has 0 aliphatic carbocycles. The van der Waals surface area contributed by atoms with Crippen molar-refractivity contribution >= 4 is 0 Å². The minimum absolute atomic E-state index is 0.239. The molecule has 0 saturated carbocycles. The molecule has 0 saturated heterocycles. The third-order valence-electron chi connectivity index (χ3n) is 3.45. The Hall–Kier alpha value is -2.28. The summed E-state index contributed by atoms with van der Waals surface area (Å²) in [7, 11) is 0. The molecule has 1 unspecified atom stereocenters. The van der Waals surface area contributed by atoms with Crippen molar-refractivity contribution in [2.45, 2.75) is 26.3 Å². The summed E-state index contributed by atoms with van der Waals surface area (Å²) in [5.74, 6) is 0. The Bertz CT molecular complexity index is 611. The highest BCUT2D eigenvalue weighted by Gasteiger charge is 2.06. The summed E-state index contributed by atoms with van der Waals surface area (Å²) in [6.07, 6.45) is 5.18. The van der Waals surface area contributed by atoms with Crippen LogP contribution in [0.3, 0.4) is 0 Å². The molecule has 0 radical (unpaired) electrons. The van der Waals surface area contributed by atoms with Crippen LogP contribution in [0.4, 0.5) is 0 Å². The monoisotopic (exact) mass is 277 g/mol. The van der Waals surface area contributed by atoms with Gasteiger partial charge in [-0.2, -0.15) is 0 Å². The van der Waals surface area contributed by atoms with Gasteiger partial charge in [0.1, 0.15) is 0 Å². The van der Waals surface area contributed by atoms with E-state index in [1.807, 2.05) is 12.1 Å². The van der Waals surface area contributed by atoms with Crippen molar-refractivity contribution in [2.24, 2.45) is 0 Å². The molecular formula is C20H23N. The average Bonchev–Trinajstić information content (AvgIpc) is 2.54. The summed E-state index contributed by atoms with van der Waals surface area (Å²) < 4.78 is 0. The van der Waals surface area contributed by atoms with Crippen molar-refractivity contribution in [1.82, 2.24) is 5.32 Å². The minimum Gasteiger partial charge on any atom is -0.379 e. The number of benzene rings is 2. The molecule has 2 aromatic rings. The van der Waals surface area contributed by atoms with Crippen LogP contribution in [0.1, 0.15) is 31.9 Å². The van der Waals surface area contributed by atoms with Gasteiger partial charge >= 0.3 is 0 Å². The SMILES string of the molecule is C=C(/C=C\CC)NC(C)c1cccc(-c2ccccc2)c1. The van der Waals surface area contributed by atoms with Gasteiger partial charge < -0.3 is 5.32 Å². The quantitative estimate of drug-likeness (QED) is 0.689. The summed E-state index contributed by atoms with van der Waals surface area (Å²) in [4.78, 5) is 0. The molecular weight excluding hydrogens is 254 g/mol. The van der Waals surface area contributed by atoms with E-state index in [0.717, 1.165) is 12.1 Å². The van der Waals surface area contributed by atoms with Gasteiger partial charge in [-0.1, -0.05) is 68.1 Å². The third-order valence-corrected chi connectivity index (χ3v) is 3.45. The highest BCUT2D eigenvalue weighted by molar-refractivity contribution is 5.64. The van der Waals surface area contributed by atoms with E-state index in [9.17, 15) is 0 Å². The lowest BCUT2D eigenvalue weighted by molar-refractivity contribution is 0.667. The van der Waals surface area contributed by atoms with Gasteiger partial charge in [0.15, 0.2) is 0 Å². The lowest BCUT2D eigenvalue weighted by Gasteiger charge is -2.17. The summed E-state index contributed by atoms with van der Waals surface area (Å²) in [5.41, 5.74) is 4.71. The van der Waals surface area contributed by atoms with Crippen LogP contribution in [0.5, 0.6) is 0 Å². The Kier molecular flexibility index (Phi) is 5.39. The molecule has 0 bridgehead atoms. The maximum absolute atomic E-state index is 4.04. The van der Waals surface area contributed by atoms with Crippen molar-refractivity contribution in [2.75, 3.05) is 0 Å². The zero-order chi connectivity index (χ0) is 15.1. The fourth-order valence-electron chi connectivity index (χ4n) is 2.29. The molecule has 0 aliphatic rings. The normalized spacial score (nSPS) is 12.3. The highest BCUT2D eigenvalue weighted by Crippen LogP contribution is 2.23. The summed E-state index contributed by atoms with van der Waals surface area (Å²) >= 11 is 0. The van der Waals surface area contributed by atoms with Gasteiger partial charge in [-0.05, 0) is 42.2 Å². The second kappa shape index (κ2) is 7.49. The number of nitrogens with one attached hydrogen (secondary N) is 1. The molecule has 0 spiro atoms. The third kappa shape index (κ3) is 4.35. The van der Waals surface area contributed by atoms with Crippen LogP contribution in [0, 0.1) is 0 Å². The van der Waals surface area contributed by atoms with E-state index < -0.39 is 0 Å². The molecule has 1 N–H and O–H groups in total. The van der Waals surface area contributed by atoms with Crippen LogP contribution >= 0.6 is 0 Å². The second-order valence-corrected chi connectivity index (χ2v) is 5.19. The van der Waals surface area contributed by atoms with Crippen molar-refractivity contribution in [3.05, 3.63) is 84.6 Å². The molecule has 0 heterocycles. The van der Waals surface area contributed by atoms with E-state index in [0.29, 0.717) is 0 Å². The van der Waals surface area contributed by atoms with Crippen molar-refractivity contribution in [1.29, 1.82) is 0 Å². The average molecular weight is 277 g/mol. The van der Waals surface area contributed by atoms with Crippen LogP contribution in [-0.2, 0) is 0 Å². The number of rotatable bonds is 6. The molecule has 2 rings (SSSR count). The van der Waals surface area contributed by atoms with Crippen LogP contribution in [-0.4, -0.2) is 0 Å². The van der Waals surface area contributed by atoms with Gasteiger partial charge in [0.25, 0.3) is 0 Å². The predicted octanol–water partition coefficient (Wildman–Crippen LogP) is 5.48. The highest BCUT2D eigenvalue weighted by atomic mass is 14.9. The lowest BCUT2D eigenvalue weighted by Crippen LogP contribution is -2.16. The van der Waals surface area contributed by atoms with E-state index in [4.69, 9.17) is 0 Å². The maximum Gasteiger partial charge on any atom is 0.0485 e. The summed E-state index contributed by atoms with van der Waals surface area (Å²) in [6.45, 7) is 8.32.